The zero-order chi connectivity index (χ0) is 13.2. The Morgan fingerprint density at radius 3 is 2.72 bits per heavy atom. The average molecular weight is 272 g/mol. The molecule has 1 fully saturated rings. The Balaban J connectivity index is 1.90. The van der Waals surface area contributed by atoms with E-state index >= 15 is 0 Å². The number of piperidine rings is 1. The number of aromatic nitrogens is 2. The Morgan fingerprint density at radius 1 is 1.50 bits per heavy atom. The molecule has 0 spiro atoms. The van der Waals surface area contributed by atoms with Crippen molar-refractivity contribution in [3.63, 3.8) is 0 Å². The highest BCUT2D eigenvalue weighted by Crippen LogP contribution is 2.15. The number of imidazole rings is 1. The third-order valence-corrected chi connectivity index (χ3v) is 4.70. The van der Waals surface area contributed by atoms with Crippen LogP contribution >= 0.6 is 0 Å². The van der Waals surface area contributed by atoms with Gasteiger partial charge >= 0.3 is 0 Å². The lowest BCUT2D eigenvalue weighted by Gasteiger charge is -2.28. The van der Waals surface area contributed by atoms with Gasteiger partial charge < -0.3 is 9.88 Å². The lowest BCUT2D eigenvalue weighted by Crippen LogP contribution is -2.36. The van der Waals surface area contributed by atoms with E-state index in [0.717, 1.165) is 25.9 Å². The average Bonchev–Trinajstić information content (AvgIpc) is 2.76. The highest BCUT2D eigenvalue weighted by Gasteiger charge is 2.21. The molecule has 0 atom stereocenters. The van der Waals surface area contributed by atoms with Gasteiger partial charge in [-0.1, -0.05) is 0 Å². The van der Waals surface area contributed by atoms with E-state index in [-0.39, 0.29) is 5.03 Å². The second kappa shape index (κ2) is 5.38. The molecule has 2 N–H and O–H groups in total. The van der Waals surface area contributed by atoms with Crippen LogP contribution in [0.4, 0.5) is 0 Å². The molecule has 2 heterocycles. The van der Waals surface area contributed by atoms with Gasteiger partial charge in [-0.25, -0.2) is 18.1 Å². The topological polar surface area (TPSA) is 78.1 Å². The molecule has 0 bridgehead atoms. The van der Waals surface area contributed by atoms with Gasteiger partial charge in [0, 0.05) is 6.54 Å². The number of H-pyrrole nitrogens is 1. The van der Waals surface area contributed by atoms with Gasteiger partial charge in [-0.15, -0.1) is 0 Å². The van der Waals surface area contributed by atoms with Crippen LogP contribution in [-0.4, -0.2) is 50.0 Å². The fourth-order valence-corrected chi connectivity index (χ4v) is 3.19. The van der Waals surface area contributed by atoms with Crippen LogP contribution in [-0.2, 0) is 10.0 Å². The summed E-state index contributed by atoms with van der Waals surface area (Å²) < 4.78 is 26.6. The number of rotatable bonds is 4. The summed E-state index contributed by atoms with van der Waals surface area (Å²) in [7, 11) is -1.34. The molecule has 0 unspecified atom stereocenters. The van der Waals surface area contributed by atoms with Crippen LogP contribution in [0, 0.1) is 12.8 Å². The Bertz CT molecular complexity index is 489. The molecule has 7 heteroatoms. The monoisotopic (exact) mass is 272 g/mol. The number of aromatic amines is 1. The number of hydrogen-bond donors (Lipinski definition) is 2. The minimum Gasteiger partial charge on any atom is -0.332 e. The summed E-state index contributed by atoms with van der Waals surface area (Å²) in [5.41, 5.74) is 0. The summed E-state index contributed by atoms with van der Waals surface area (Å²) in [4.78, 5) is 8.91. The molecule has 0 amide bonds. The van der Waals surface area contributed by atoms with Gasteiger partial charge in [-0.3, -0.25) is 0 Å². The summed E-state index contributed by atoms with van der Waals surface area (Å²) >= 11 is 0. The van der Waals surface area contributed by atoms with Gasteiger partial charge in [-0.2, -0.15) is 0 Å². The lowest BCUT2D eigenvalue weighted by atomic mass is 9.98. The van der Waals surface area contributed by atoms with Crippen molar-refractivity contribution in [1.29, 1.82) is 0 Å². The van der Waals surface area contributed by atoms with Gasteiger partial charge in [-0.05, 0) is 45.8 Å². The fourth-order valence-electron chi connectivity index (χ4n) is 2.11. The highest BCUT2D eigenvalue weighted by molar-refractivity contribution is 7.89. The Labute approximate surface area is 108 Å². The van der Waals surface area contributed by atoms with Crippen LogP contribution in [0.3, 0.4) is 0 Å². The van der Waals surface area contributed by atoms with Crippen molar-refractivity contribution in [3.8, 4) is 0 Å². The summed E-state index contributed by atoms with van der Waals surface area (Å²) in [6, 6.07) is 0. The second-order valence-electron chi connectivity index (χ2n) is 4.93. The van der Waals surface area contributed by atoms with Gasteiger partial charge in [0.15, 0.2) is 5.03 Å². The van der Waals surface area contributed by atoms with E-state index in [1.165, 1.54) is 6.20 Å². The predicted octanol–water partition coefficient (Wildman–Crippen LogP) is 0.338. The van der Waals surface area contributed by atoms with Crippen LogP contribution in [0.1, 0.15) is 18.7 Å². The van der Waals surface area contributed by atoms with E-state index in [4.69, 9.17) is 0 Å². The Morgan fingerprint density at radius 2 is 2.17 bits per heavy atom. The van der Waals surface area contributed by atoms with Crippen molar-refractivity contribution in [2.75, 3.05) is 26.7 Å². The van der Waals surface area contributed by atoms with Crippen LogP contribution in [0.2, 0.25) is 0 Å². The molecule has 102 valence electrons. The molecule has 1 aliphatic rings. The first-order valence-electron chi connectivity index (χ1n) is 6.17. The molecule has 0 aromatic carbocycles. The van der Waals surface area contributed by atoms with Crippen molar-refractivity contribution in [3.05, 3.63) is 12.0 Å². The molecular formula is C11H20N4O2S. The molecule has 0 aliphatic carbocycles. The molecule has 1 aromatic rings. The molecule has 0 saturated carbocycles. The van der Waals surface area contributed by atoms with Gasteiger partial charge in [0.2, 0.25) is 0 Å². The normalized spacial score (nSPS) is 19.2. The van der Waals surface area contributed by atoms with Crippen molar-refractivity contribution in [2.45, 2.75) is 24.8 Å². The summed E-state index contributed by atoms with van der Waals surface area (Å²) in [6.07, 6.45) is 3.44. The van der Waals surface area contributed by atoms with Gasteiger partial charge in [0.1, 0.15) is 5.82 Å². The zero-order valence-electron chi connectivity index (χ0n) is 10.8. The second-order valence-corrected chi connectivity index (χ2v) is 6.67. The van der Waals surface area contributed by atoms with E-state index in [2.05, 4.69) is 26.6 Å². The molecule has 1 aromatic heterocycles. The summed E-state index contributed by atoms with van der Waals surface area (Å²) in [6.45, 7) is 4.31. The molecule has 1 aliphatic heterocycles. The van der Waals surface area contributed by atoms with E-state index in [1.54, 1.807) is 6.92 Å². The molecule has 0 radical (unpaired) electrons. The first-order chi connectivity index (χ1) is 8.47. The molecule has 6 nitrogen and oxygen atoms in total. The van der Waals surface area contributed by atoms with E-state index < -0.39 is 10.0 Å². The zero-order valence-corrected chi connectivity index (χ0v) is 11.6. The van der Waals surface area contributed by atoms with Crippen LogP contribution in [0.15, 0.2) is 11.2 Å². The van der Waals surface area contributed by atoms with Gasteiger partial charge in [0.25, 0.3) is 10.0 Å². The molecular weight excluding hydrogens is 252 g/mol. The number of aryl methyl sites for hydroxylation is 1. The standard InChI is InChI=1S/C11H20N4O2S/c1-9-12-8-11(14-9)18(16,17)13-7-10-3-5-15(2)6-4-10/h8,10,13H,3-7H2,1-2H3,(H,12,14). The number of likely N-dealkylation sites (tertiary alicyclic amines) is 1. The third-order valence-electron chi connectivity index (χ3n) is 3.37. The van der Waals surface area contributed by atoms with Crippen molar-refractivity contribution < 1.29 is 8.42 Å². The fraction of sp³-hybridized carbons (Fsp3) is 0.727. The minimum absolute atomic E-state index is 0.146. The quantitative estimate of drug-likeness (QED) is 0.828. The summed E-state index contributed by atoms with van der Waals surface area (Å²) in [5.74, 6) is 1.04. The smallest absolute Gasteiger partial charge is 0.257 e. The third kappa shape index (κ3) is 3.30. The van der Waals surface area contributed by atoms with Crippen molar-refractivity contribution >= 4 is 10.0 Å². The number of hydrogen-bond acceptors (Lipinski definition) is 4. The van der Waals surface area contributed by atoms with E-state index in [1.807, 2.05) is 0 Å². The maximum absolute atomic E-state index is 12.0. The van der Waals surface area contributed by atoms with Crippen LogP contribution < -0.4 is 4.72 Å². The molecule has 1 saturated heterocycles. The molecule has 2 rings (SSSR count). The van der Waals surface area contributed by atoms with E-state index in [0.29, 0.717) is 18.3 Å². The highest BCUT2D eigenvalue weighted by atomic mass is 32.2. The maximum Gasteiger partial charge on any atom is 0.257 e. The van der Waals surface area contributed by atoms with Crippen molar-refractivity contribution in [2.24, 2.45) is 5.92 Å². The SMILES string of the molecule is Cc1ncc(S(=O)(=O)NCC2CCN(C)CC2)[nH]1. The number of nitrogens with one attached hydrogen (secondary N) is 2. The maximum atomic E-state index is 12.0. The van der Waals surface area contributed by atoms with E-state index in [9.17, 15) is 8.42 Å². The first kappa shape index (κ1) is 13.5. The first-order valence-corrected chi connectivity index (χ1v) is 7.65. The largest absolute Gasteiger partial charge is 0.332 e. The minimum atomic E-state index is -3.43. The lowest BCUT2D eigenvalue weighted by molar-refractivity contribution is 0.220. The Kier molecular flexibility index (Phi) is 4.04. The predicted molar refractivity (Wildman–Crippen MR) is 68.7 cm³/mol. The number of sulfonamides is 1. The number of nitrogens with zero attached hydrogens (tertiary/aromatic N) is 2. The Hall–Kier alpha value is -0.920. The van der Waals surface area contributed by atoms with Crippen LogP contribution in [0.25, 0.3) is 0 Å². The molecule has 18 heavy (non-hydrogen) atoms. The summed E-state index contributed by atoms with van der Waals surface area (Å²) in [5, 5.41) is 0.146. The van der Waals surface area contributed by atoms with Crippen molar-refractivity contribution in [1.82, 2.24) is 19.6 Å². The van der Waals surface area contributed by atoms with Crippen LogP contribution in [0.5, 0.6) is 0 Å². The van der Waals surface area contributed by atoms with Gasteiger partial charge in [0.05, 0.1) is 6.20 Å².